The number of amides is 1. The quantitative estimate of drug-likeness (QED) is 0.849. The van der Waals surface area contributed by atoms with Crippen molar-refractivity contribution in [1.29, 1.82) is 0 Å². The number of nitrogens with one attached hydrogen (secondary N) is 2. The molecule has 0 aromatic heterocycles. The van der Waals surface area contributed by atoms with Gasteiger partial charge in [0.1, 0.15) is 0 Å². The molecule has 1 aromatic rings. The zero-order valence-electron chi connectivity index (χ0n) is 12.2. The molecule has 1 fully saturated rings. The molecule has 0 radical (unpaired) electrons. The molecule has 1 amide bonds. The Morgan fingerprint density at radius 1 is 1.32 bits per heavy atom. The molecule has 0 aliphatic carbocycles. The van der Waals surface area contributed by atoms with E-state index in [4.69, 9.17) is 0 Å². The van der Waals surface area contributed by atoms with Crippen molar-refractivity contribution >= 4 is 11.6 Å². The highest BCUT2D eigenvalue weighted by Gasteiger charge is 2.26. The topological polar surface area (TPSA) is 33.5 Å². The van der Waals surface area contributed by atoms with Crippen LogP contribution in [0.5, 0.6) is 0 Å². The van der Waals surface area contributed by atoms with Crippen molar-refractivity contribution in [1.82, 2.24) is 0 Å². The van der Waals surface area contributed by atoms with E-state index in [1.54, 1.807) is 0 Å². The second-order valence-electron chi connectivity index (χ2n) is 6.20. The maximum atomic E-state index is 12.1. The van der Waals surface area contributed by atoms with Crippen LogP contribution in [0.4, 0.5) is 5.69 Å². The van der Waals surface area contributed by atoms with Gasteiger partial charge in [-0.05, 0) is 31.0 Å². The highest BCUT2D eigenvalue weighted by atomic mass is 16.2. The normalized spacial score (nSPS) is 27.0. The molecule has 0 unspecified atom stereocenters. The van der Waals surface area contributed by atoms with Crippen LogP contribution in [0.3, 0.4) is 0 Å². The van der Waals surface area contributed by atoms with Gasteiger partial charge in [0.15, 0.2) is 6.54 Å². The molecule has 3 heteroatoms. The lowest BCUT2D eigenvalue weighted by atomic mass is 9.92. The van der Waals surface area contributed by atoms with Crippen LogP contribution in [0.1, 0.15) is 25.8 Å². The summed E-state index contributed by atoms with van der Waals surface area (Å²) in [7, 11) is 0. The van der Waals surface area contributed by atoms with Crippen molar-refractivity contribution in [3.63, 3.8) is 0 Å². The number of aryl methyl sites for hydroxylation is 1. The molecule has 1 aliphatic rings. The first-order valence-electron chi connectivity index (χ1n) is 7.23. The summed E-state index contributed by atoms with van der Waals surface area (Å²) in [5.74, 6) is 1.58. The fraction of sp³-hybridized carbons (Fsp3) is 0.562. The summed E-state index contributed by atoms with van der Waals surface area (Å²) in [5, 5.41) is 3.00. The molecule has 2 atom stereocenters. The highest BCUT2D eigenvalue weighted by molar-refractivity contribution is 5.91. The lowest BCUT2D eigenvalue weighted by Crippen LogP contribution is -3.15. The average Bonchev–Trinajstić information content (AvgIpc) is 2.26. The van der Waals surface area contributed by atoms with Gasteiger partial charge < -0.3 is 10.2 Å². The van der Waals surface area contributed by atoms with E-state index in [1.807, 2.05) is 31.2 Å². The molecule has 104 valence electrons. The Labute approximate surface area is 116 Å². The molecule has 19 heavy (non-hydrogen) atoms. The predicted molar refractivity (Wildman–Crippen MR) is 78.3 cm³/mol. The van der Waals surface area contributed by atoms with Crippen molar-refractivity contribution in [3.05, 3.63) is 29.8 Å². The summed E-state index contributed by atoms with van der Waals surface area (Å²) in [4.78, 5) is 13.5. The minimum Gasteiger partial charge on any atom is -0.327 e. The van der Waals surface area contributed by atoms with Gasteiger partial charge in [0, 0.05) is 17.5 Å². The molecule has 2 N–H and O–H groups in total. The third kappa shape index (κ3) is 4.35. The number of likely N-dealkylation sites (tertiary alicyclic amines) is 1. The Balaban J connectivity index is 1.87. The van der Waals surface area contributed by atoms with Crippen molar-refractivity contribution in [2.75, 3.05) is 25.0 Å². The molecule has 0 bridgehead atoms. The van der Waals surface area contributed by atoms with Crippen LogP contribution < -0.4 is 10.2 Å². The number of piperidine rings is 1. The zero-order valence-corrected chi connectivity index (χ0v) is 12.2. The van der Waals surface area contributed by atoms with Gasteiger partial charge in [-0.15, -0.1) is 0 Å². The first-order chi connectivity index (χ1) is 9.02. The number of carbonyl (C=O) groups is 1. The molecule has 1 saturated heterocycles. The summed E-state index contributed by atoms with van der Waals surface area (Å²) in [6, 6.07) is 7.97. The standard InChI is InChI=1S/C16H24N2O/c1-12-5-4-6-15(8-12)17-16(19)11-18-9-13(2)7-14(3)10-18/h4-6,8,13-14H,7,9-11H2,1-3H3,(H,17,19)/p+1/t13-,14-/m1/s1. The van der Waals surface area contributed by atoms with E-state index in [0.29, 0.717) is 6.54 Å². The smallest absolute Gasteiger partial charge is 0.279 e. The second-order valence-corrected chi connectivity index (χ2v) is 6.20. The molecule has 3 nitrogen and oxygen atoms in total. The molecule has 1 aromatic carbocycles. The minimum absolute atomic E-state index is 0.127. The number of rotatable bonds is 3. The molecular weight excluding hydrogens is 236 g/mol. The van der Waals surface area contributed by atoms with Gasteiger partial charge in [-0.25, -0.2) is 0 Å². The van der Waals surface area contributed by atoms with E-state index in [-0.39, 0.29) is 5.91 Å². The van der Waals surface area contributed by atoms with Gasteiger partial charge in [0.05, 0.1) is 13.1 Å². The fourth-order valence-electron chi connectivity index (χ4n) is 3.22. The largest absolute Gasteiger partial charge is 0.327 e. The number of quaternary nitrogens is 1. The average molecular weight is 261 g/mol. The number of anilines is 1. The summed E-state index contributed by atoms with van der Waals surface area (Å²) in [6.45, 7) is 9.43. The van der Waals surface area contributed by atoms with Gasteiger partial charge in [-0.1, -0.05) is 26.0 Å². The van der Waals surface area contributed by atoms with Crippen molar-refractivity contribution < 1.29 is 9.69 Å². The molecule has 1 heterocycles. The van der Waals surface area contributed by atoms with Crippen LogP contribution in [0, 0.1) is 18.8 Å². The number of carbonyl (C=O) groups excluding carboxylic acids is 1. The zero-order chi connectivity index (χ0) is 13.8. The van der Waals surface area contributed by atoms with Crippen LogP contribution in [0.25, 0.3) is 0 Å². The summed E-state index contributed by atoms with van der Waals surface area (Å²) >= 11 is 0. The maximum Gasteiger partial charge on any atom is 0.279 e. The number of hydrogen-bond acceptors (Lipinski definition) is 1. The van der Waals surface area contributed by atoms with E-state index in [2.05, 4.69) is 19.2 Å². The SMILES string of the molecule is Cc1cccc(NC(=O)C[NH+]2C[C@H](C)C[C@@H](C)C2)c1. The van der Waals surface area contributed by atoms with Gasteiger partial charge in [0.2, 0.25) is 0 Å². The van der Waals surface area contributed by atoms with Crippen LogP contribution in [-0.4, -0.2) is 25.5 Å². The van der Waals surface area contributed by atoms with Crippen molar-refractivity contribution in [2.24, 2.45) is 11.8 Å². The van der Waals surface area contributed by atoms with E-state index in [0.717, 1.165) is 30.6 Å². The molecule has 2 rings (SSSR count). The summed E-state index contributed by atoms with van der Waals surface area (Å²) in [5.41, 5.74) is 2.08. The fourth-order valence-corrected chi connectivity index (χ4v) is 3.22. The number of benzene rings is 1. The first kappa shape index (κ1) is 14.1. The molecule has 0 spiro atoms. The van der Waals surface area contributed by atoms with E-state index >= 15 is 0 Å². The van der Waals surface area contributed by atoms with Gasteiger partial charge >= 0.3 is 0 Å². The Kier molecular flexibility index (Phi) is 4.59. The monoisotopic (exact) mass is 261 g/mol. The van der Waals surface area contributed by atoms with E-state index in [1.165, 1.54) is 16.9 Å². The number of hydrogen-bond donors (Lipinski definition) is 2. The van der Waals surface area contributed by atoms with E-state index in [9.17, 15) is 4.79 Å². The summed E-state index contributed by atoms with van der Waals surface area (Å²) in [6.07, 6.45) is 1.29. The first-order valence-corrected chi connectivity index (χ1v) is 7.23. The van der Waals surface area contributed by atoms with E-state index < -0.39 is 0 Å². The minimum atomic E-state index is 0.127. The van der Waals surface area contributed by atoms with Crippen LogP contribution in [0.15, 0.2) is 24.3 Å². The Bertz CT molecular complexity index is 434. The lowest BCUT2D eigenvalue weighted by Gasteiger charge is -2.31. The Morgan fingerprint density at radius 2 is 2.00 bits per heavy atom. The third-order valence-electron chi connectivity index (χ3n) is 3.79. The van der Waals surface area contributed by atoms with Gasteiger partial charge in [0.25, 0.3) is 5.91 Å². The molecule has 1 aliphatic heterocycles. The molecular formula is C16H25N2O+. The van der Waals surface area contributed by atoms with Crippen molar-refractivity contribution in [2.45, 2.75) is 27.2 Å². The summed E-state index contributed by atoms with van der Waals surface area (Å²) < 4.78 is 0. The van der Waals surface area contributed by atoms with Gasteiger partial charge in [-0.2, -0.15) is 0 Å². The Hall–Kier alpha value is -1.35. The van der Waals surface area contributed by atoms with Crippen LogP contribution >= 0.6 is 0 Å². The molecule has 0 saturated carbocycles. The third-order valence-corrected chi connectivity index (χ3v) is 3.79. The van der Waals surface area contributed by atoms with Crippen LogP contribution in [-0.2, 0) is 4.79 Å². The maximum absolute atomic E-state index is 12.1. The Morgan fingerprint density at radius 3 is 2.63 bits per heavy atom. The second kappa shape index (κ2) is 6.20. The highest BCUT2D eigenvalue weighted by Crippen LogP contribution is 2.12. The van der Waals surface area contributed by atoms with Crippen LogP contribution in [0.2, 0.25) is 0 Å². The van der Waals surface area contributed by atoms with Crippen molar-refractivity contribution in [3.8, 4) is 0 Å². The predicted octanol–water partition coefficient (Wildman–Crippen LogP) is 1.49. The lowest BCUT2D eigenvalue weighted by molar-refractivity contribution is -0.904. The van der Waals surface area contributed by atoms with Gasteiger partial charge in [-0.3, -0.25) is 4.79 Å².